The van der Waals surface area contributed by atoms with Gasteiger partial charge in [0.25, 0.3) is 0 Å². The van der Waals surface area contributed by atoms with Crippen LogP contribution < -0.4 is 5.32 Å². The lowest BCUT2D eigenvalue weighted by Gasteiger charge is -2.21. The van der Waals surface area contributed by atoms with Gasteiger partial charge < -0.3 is 10.2 Å². The lowest BCUT2D eigenvalue weighted by molar-refractivity contribution is -0.133. The van der Waals surface area contributed by atoms with Gasteiger partial charge in [0.15, 0.2) is 0 Å². The molecule has 0 aliphatic heterocycles. The van der Waals surface area contributed by atoms with E-state index in [4.69, 9.17) is 0 Å². The highest BCUT2D eigenvalue weighted by atomic mass is 16.2. The lowest BCUT2D eigenvalue weighted by Crippen LogP contribution is -2.37. The van der Waals surface area contributed by atoms with Crippen LogP contribution in [-0.2, 0) is 11.2 Å². The molecule has 0 fully saturated rings. The van der Waals surface area contributed by atoms with Crippen molar-refractivity contribution in [1.29, 1.82) is 0 Å². The zero-order valence-electron chi connectivity index (χ0n) is 11.6. The fraction of sp³-hybridized carbons (Fsp3) is 0.533. The maximum atomic E-state index is 12.1. The summed E-state index contributed by atoms with van der Waals surface area (Å²) in [5.74, 6) is 0.262. The number of hydrogen-bond donors (Lipinski definition) is 1. The number of nitrogens with one attached hydrogen (secondary N) is 1. The van der Waals surface area contributed by atoms with Crippen LogP contribution in [0.1, 0.15) is 19.4 Å². The number of carbonyl (C=O) groups is 1. The average molecular weight is 248 g/mol. The summed E-state index contributed by atoms with van der Waals surface area (Å²) in [6.45, 7) is 6.47. The number of likely N-dealkylation sites (N-methyl/N-ethyl adjacent to an activating group) is 1. The van der Waals surface area contributed by atoms with E-state index in [1.807, 2.05) is 37.1 Å². The topological polar surface area (TPSA) is 32.3 Å². The van der Waals surface area contributed by atoms with Gasteiger partial charge in [-0.15, -0.1) is 0 Å². The molecular weight excluding hydrogens is 224 g/mol. The standard InChI is InChI=1S/C15H24N2O/c1-4-16-12-13(2)15(18)17(3)11-10-14-8-6-5-7-9-14/h5-9,13,16H,4,10-12H2,1-3H3. The first-order chi connectivity index (χ1) is 8.65. The van der Waals surface area contributed by atoms with Gasteiger partial charge in [-0.25, -0.2) is 0 Å². The van der Waals surface area contributed by atoms with E-state index in [1.54, 1.807) is 0 Å². The molecule has 3 nitrogen and oxygen atoms in total. The van der Waals surface area contributed by atoms with Crippen molar-refractivity contribution in [2.24, 2.45) is 5.92 Å². The van der Waals surface area contributed by atoms with Crippen molar-refractivity contribution in [1.82, 2.24) is 10.2 Å². The fourth-order valence-electron chi connectivity index (χ4n) is 1.88. The molecule has 0 radical (unpaired) electrons. The monoisotopic (exact) mass is 248 g/mol. The smallest absolute Gasteiger partial charge is 0.226 e. The third-order valence-corrected chi connectivity index (χ3v) is 3.08. The van der Waals surface area contributed by atoms with Gasteiger partial charge in [0.05, 0.1) is 0 Å². The molecule has 0 bridgehead atoms. The van der Waals surface area contributed by atoms with Crippen molar-refractivity contribution in [3.63, 3.8) is 0 Å². The van der Waals surface area contributed by atoms with Gasteiger partial charge in [-0.1, -0.05) is 44.2 Å². The summed E-state index contributed by atoms with van der Waals surface area (Å²) >= 11 is 0. The molecule has 0 aliphatic rings. The minimum atomic E-state index is 0.0470. The number of rotatable bonds is 7. The summed E-state index contributed by atoms with van der Waals surface area (Å²) in [4.78, 5) is 13.9. The van der Waals surface area contributed by atoms with Crippen molar-refractivity contribution in [3.8, 4) is 0 Å². The summed E-state index contributed by atoms with van der Waals surface area (Å²) in [5, 5.41) is 3.21. The van der Waals surface area contributed by atoms with Crippen molar-refractivity contribution in [2.75, 3.05) is 26.7 Å². The van der Waals surface area contributed by atoms with E-state index < -0.39 is 0 Å². The van der Waals surface area contributed by atoms with Crippen molar-refractivity contribution >= 4 is 5.91 Å². The van der Waals surface area contributed by atoms with E-state index in [0.717, 1.165) is 26.1 Å². The van der Waals surface area contributed by atoms with E-state index in [1.165, 1.54) is 5.56 Å². The normalized spacial score (nSPS) is 12.2. The second-order valence-electron chi connectivity index (χ2n) is 4.70. The number of benzene rings is 1. The summed E-state index contributed by atoms with van der Waals surface area (Å²) in [6, 6.07) is 10.3. The minimum Gasteiger partial charge on any atom is -0.345 e. The Balaban J connectivity index is 2.35. The van der Waals surface area contributed by atoms with Crippen LogP contribution in [0, 0.1) is 5.92 Å². The molecule has 0 spiro atoms. The maximum absolute atomic E-state index is 12.1. The lowest BCUT2D eigenvalue weighted by atomic mass is 10.1. The SMILES string of the molecule is CCNCC(C)C(=O)N(C)CCc1ccccc1. The molecule has 0 aliphatic carbocycles. The zero-order chi connectivity index (χ0) is 13.4. The maximum Gasteiger partial charge on any atom is 0.226 e. The third-order valence-electron chi connectivity index (χ3n) is 3.08. The number of carbonyl (C=O) groups excluding carboxylic acids is 1. The Morgan fingerprint density at radius 1 is 1.33 bits per heavy atom. The van der Waals surface area contributed by atoms with Gasteiger partial charge in [-0.3, -0.25) is 4.79 Å². The molecule has 1 unspecified atom stereocenters. The molecule has 1 N–H and O–H groups in total. The molecule has 0 aromatic heterocycles. The molecular formula is C15H24N2O. The molecule has 3 heteroatoms. The van der Waals surface area contributed by atoms with E-state index in [-0.39, 0.29) is 11.8 Å². The van der Waals surface area contributed by atoms with Gasteiger partial charge in [0.2, 0.25) is 5.91 Å². The first-order valence-electron chi connectivity index (χ1n) is 6.64. The largest absolute Gasteiger partial charge is 0.345 e. The van der Waals surface area contributed by atoms with Crippen LogP contribution >= 0.6 is 0 Å². The first kappa shape index (κ1) is 14.7. The van der Waals surface area contributed by atoms with Crippen LogP contribution in [0.4, 0.5) is 0 Å². The highest BCUT2D eigenvalue weighted by molar-refractivity contribution is 5.78. The van der Waals surface area contributed by atoms with Crippen LogP contribution in [0.2, 0.25) is 0 Å². The Morgan fingerprint density at radius 3 is 2.61 bits per heavy atom. The highest BCUT2D eigenvalue weighted by Gasteiger charge is 2.16. The Hall–Kier alpha value is -1.35. The Labute approximate surface area is 110 Å². The molecule has 0 saturated heterocycles. The van der Waals surface area contributed by atoms with Gasteiger partial charge in [-0.2, -0.15) is 0 Å². The average Bonchev–Trinajstić information content (AvgIpc) is 2.42. The van der Waals surface area contributed by atoms with E-state index >= 15 is 0 Å². The predicted molar refractivity (Wildman–Crippen MR) is 75.5 cm³/mol. The molecule has 1 aromatic rings. The van der Waals surface area contributed by atoms with E-state index in [9.17, 15) is 4.79 Å². The molecule has 0 saturated carbocycles. The van der Waals surface area contributed by atoms with Crippen LogP contribution in [0.15, 0.2) is 30.3 Å². The highest BCUT2D eigenvalue weighted by Crippen LogP contribution is 2.04. The summed E-state index contributed by atoms with van der Waals surface area (Å²) < 4.78 is 0. The molecule has 18 heavy (non-hydrogen) atoms. The molecule has 0 heterocycles. The van der Waals surface area contributed by atoms with Gasteiger partial charge in [0.1, 0.15) is 0 Å². The van der Waals surface area contributed by atoms with Crippen LogP contribution in [0.5, 0.6) is 0 Å². The van der Waals surface area contributed by atoms with E-state index in [0.29, 0.717) is 0 Å². The van der Waals surface area contributed by atoms with Crippen LogP contribution in [-0.4, -0.2) is 37.5 Å². The third kappa shape index (κ3) is 4.88. The van der Waals surface area contributed by atoms with Crippen molar-refractivity contribution in [3.05, 3.63) is 35.9 Å². The van der Waals surface area contributed by atoms with Crippen molar-refractivity contribution < 1.29 is 4.79 Å². The second kappa shape index (κ2) is 7.88. The molecule has 1 amide bonds. The zero-order valence-corrected chi connectivity index (χ0v) is 11.6. The fourth-order valence-corrected chi connectivity index (χ4v) is 1.88. The minimum absolute atomic E-state index is 0.0470. The summed E-state index contributed by atoms with van der Waals surface area (Å²) in [7, 11) is 1.88. The second-order valence-corrected chi connectivity index (χ2v) is 4.70. The van der Waals surface area contributed by atoms with Gasteiger partial charge in [0, 0.05) is 26.1 Å². The molecule has 1 atom stereocenters. The van der Waals surface area contributed by atoms with Gasteiger partial charge in [-0.05, 0) is 18.5 Å². The molecule has 1 rings (SSSR count). The van der Waals surface area contributed by atoms with Crippen LogP contribution in [0.3, 0.4) is 0 Å². The Kier molecular flexibility index (Phi) is 6.44. The number of nitrogens with zero attached hydrogens (tertiary/aromatic N) is 1. The molecule has 100 valence electrons. The van der Waals surface area contributed by atoms with Crippen LogP contribution in [0.25, 0.3) is 0 Å². The quantitative estimate of drug-likeness (QED) is 0.799. The predicted octanol–water partition coefficient (Wildman–Crippen LogP) is 1.93. The molecule has 1 aromatic carbocycles. The number of hydrogen-bond acceptors (Lipinski definition) is 2. The van der Waals surface area contributed by atoms with Crippen molar-refractivity contribution in [2.45, 2.75) is 20.3 Å². The Morgan fingerprint density at radius 2 is 2.00 bits per heavy atom. The summed E-state index contributed by atoms with van der Waals surface area (Å²) in [5.41, 5.74) is 1.27. The van der Waals surface area contributed by atoms with Gasteiger partial charge >= 0.3 is 0 Å². The van der Waals surface area contributed by atoms with E-state index in [2.05, 4.69) is 24.4 Å². The Bertz CT molecular complexity index is 351. The first-order valence-corrected chi connectivity index (χ1v) is 6.64. The summed E-state index contributed by atoms with van der Waals surface area (Å²) in [6.07, 6.45) is 0.914. The number of amides is 1.